The summed E-state index contributed by atoms with van der Waals surface area (Å²) in [7, 11) is 0. The first-order chi connectivity index (χ1) is 8.74. The number of para-hydroxylation sites is 1. The molecular formula is C15H13N3. The predicted molar refractivity (Wildman–Crippen MR) is 74.1 cm³/mol. The highest BCUT2D eigenvalue weighted by molar-refractivity contribution is 5.90. The van der Waals surface area contributed by atoms with Crippen LogP contribution in [0.3, 0.4) is 0 Å². The van der Waals surface area contributed by atoms with E-state index in [0.717, 1.165) is 28.0 Å². The van der Waals surface area contributed by atoms with Crippen LogP contribution in [-0.4, -0.2) is 9.97 Å². The van der Waals surface area contributed by atoms with Gasteiger partial charge in [-0.3, -0.25) is 4.98 Å². The van der Waals surface area contributed by atoms with Crippen LogP contribution >= 0.6 is 0 Å². The Kier molecular flexibility index (Phi) is 2.45. The molecule has 0 aliphatic carbocycles. The monoisotopic (exact) mass is 235 g/mol. The number of aromatic nitrogens is 2. The molecule has 3 heteroatoms. The topological polar surface area (TPSA) is 51.8 Å². The number of pyridine rings is 2. The highest BCUT2D eigenvalue weighted by atomic mass is 14.8. The maximum atomic E-state index is 5.95. The molecule has 18 heavy (non-hydrogen) atoms. The van der Waals surface area contributed by atoms with Crippen molar-refractivity contribution < 1.29 is 0 Å². The van der Waals surface area contributed by atoms with E-state index in [-0.39, 0.29) is 0 Å². The van der Waals surface area contributed by atoms with Gasteiger partial charge in [-0.15, -0.1) is 0 Å². The third kappa shape index (κ3) is 1.80. The lowest BCUT2D eigenvalue weighted by Crippen LogP contribution is -1.93. The number of benzene rings is 1. The summed E-state index contributed by atoms with van der Waals surface area (Å²) in [6.45, 7) is 1.97. The Balaban J connectivity index is 2.22. The van der Waals surface area contributed by atoms with Gasteiger partial charge in [-0.1, -0.05) is 24.3 Å². The van der Waals surface area contributed by atoms with Gasteiger partial charge in [-0.05, 0) is 31.2 Å². The second-order valence-electron chi connectivity index (χ2n) is 4.28. The molecule has 88 valence electrons. The van der Waals surface area contributed by atoms with Gasteiger partial charge in [-0.2, -0.15) is 0 Å². The molecule has 3 rings (SSSR count). The summed E-state index contributed by atoms with van der Waals surface area (Å²) >= 11 is 0. The van der Waals surface area contributed by atoms with Crippen LogP contribution in [0.15, 0.2) is 48.5 Å². The number of nitrogens with two attached hydrogens (primary N) is 1. The Hall–Kier alpha value is -2.42. The summed E-state index contributed by atoms with van der Waals surface area (Å²) < 4.78 is 0. The Bertz CT molecular complexity index is 720. The average molecular weight is 235 g/mol. The fourth-order valence-electron chi connectivity index (χ4n) is 2.00. The first kappa shape index (κ1) is 10.7. The van der Waals surface area contributed by atoms with Crippen molar-refractivity contribution >= 4 is 16.6 Å². The van der Waals surface area contributed by atoms with E-state index >= 15 is 0 Å². The van der Waals surface area contributed by atoms with E-state index in [0.29, 0.717) is 5.69 Å². The predicted octanol–water partition coefficient (Wildman–Crippen LogP) is 3.19. The first-order valence-corrected chi connectivity index (χ1v) is 5.83. The molecule has 0 unspecified atom stereocenters. The van der Waals surface area contributed by atoms with Crippen molar-refractivity contribution in [2.45, 2.75) is 6.92 Å². The number of nitrogens with zero attached hydrogens (tertiary/aromatic N) is 2. The van der Waals surface area contributed by atoms with Crippen LogP contribution < -0.4 is 5.73 Å². The van der Waals surface area contributed by atoms with Crippen LogP contribution in [-0.2, 0) is 0 Å². The minimum atomic E-state index is 0.696. The van der Waals surface area contributed by atoms with E-state index < -0.39 is 0 Å². The van der Waals surface area contributed by atoms with Gasteiger partial charge in [0.25, 0.3) is 0 Å². The number of fused-ring (bicyclic) bond motifs is 1. The zero-order chi connectivity index (χ0) is 12.5. The number of hydrogen-bond donors (Lipinski definition) is 1. The molecule has 2 N–H and O–H groups in total. The highest BCUT2D eigenvalue weighted by Gasteiger charge is 2.04. The van der Waals surface area contributed by atoms with Crippen molar-refractivity contribution in [1.82, 2.24) is 9.97 Å². The summed E-state index contributed by atoms with van der Waals surface area (Å²) in [6, 6.07) is 15.7. The smallest absolute Gasteiger partial charge is 0.0939 e. The number of hydrogen-bond acceptors (Lipinski definition) is 3. The maximum Gasteiger partial charge on any atom is 0.0939 e. The standard InChI is InChI=1S/C15H13N3/c1-10-4-2-7-13(17-10)14-9-8-11-5-3-6-12(16)15(11)18-14/h2-9H,16H2,1H3. The normalized spacial score (nSPS) is 10.7. The Morgan fingerprint density at radius 1 is 0.833 bits per heavy atom. The minimum absolute atomic E-state index is 0.696. The van der Waals surface area contributed by atoms with E-state index in [2.05, 4.69) is 9.97 Å². The molecule has 2 aromatic heterocycles. The van der Waals surface area contributed by atoms with Crippen LogP contribution in [0.1, 0.15) is 5.69 Å². The molecule has 0 bridgehead atoms. The van der Waals surface area contributed by atoms with Crippen LogP contribution in [0.2, 0.25) is 0 Å². The van der Waals surface area contributed by atoms with Gasteiger partial charge in [0.1, 0.15) is 0 Å². The van der Waals surface area contributed by atoms with Gasteiger partial charge in [0.2, 0.25) is 0 Å². The fraction of sp³-hybridized carbons (Fsp3) is 0.0667. The van der Waals surface area contributed by atoms with Gasteiger partial charge in [0, 0.05) is 11.1 Å². The van der Waals surface area contributed by atoms with Crippen LogP contribution in [0.5, 0.6) is 0 Å². The lowest BCUT2D eigenvalue weighted by molar-refractivity contribution is 1.19. The molecule has 0 atom stereocenters. The summed E-state index contributed by atoms with van der Waals surface area (Å²) in [6.07, 6.45) is 0. The van der Waals surface area contributed by atoms with E-state index in [1.54, 1.807) is 0 Å². The molecule has 3 nitrogen and oxygen atoms in total. The largest absolute Gasteiger partial charge is 0.397 e. The third-order valence-electron chi connectivity index (χ3n) is 2.90. The highest BCUT2D eigenvalue weighted by Crippen LogP contribution is 2.23. The van der Waals surface area contributed by atoms with Gasteiger partial charge in [-0.25, -0.2) is 4.98 Å². The number of nitrogen functional groups attached to an aromatic ring is 1. The van der Waals surface area contributed by atoms with Crippen LogP contribution in [0.4, 0.5) is 5.69 Å². The van der Waals surface area contributed by atoms with Crippen LogP contribution in [0.25, 0.3) is 22.3 Å². The number of rotatable bonds is 1. The zero-order valence-corrected chi connectivity index (χ0v) is 10.1. The molecule has 0 aliphatic rings. The minimum Gasteiger partial charge on any atom is -0.397 e. The van der Waals surface area contributed by atoms with E-state index in [4.69, 9.17) is 5.73 Å². The second kappa shape index (κ2) is 4.11. The Labute approximate surface area is 105 Å². The van der Waals surface area contributed by atoms with E-state index in [1.807, 2.05) is 55.5 Å². The fourth-order valence-corrected chi connectivity index (χ4v) is 2.00. The average Bonchev–Trinajstić information content (AvgIpc) is 2.39. The van der Waals surface area contributed by atoms with Gasteiger partial charge >= 0.3 is 0 Å². The van der Waals surface area contributed by atoms with Gasteiger partial charge < -0.3 is 5.73 Å². The van der Waals surface area contributed by atoms with E-state index in [9.17, 15) is 0 Å². The van der Waals surface area contributed by atoms with Crippen molar-refractivity contribution in [1.29, 1.82) is 0 Å². The summed E-state index contributed by atoms with van der Waals surface area (Å²) in [5.41, 5.74) is 10.2. The quantitative estimate of drug-likeness (QED) is 0.659. The molecule has 0 fully saturated rings. The number of anilines is 1. The Morgan fingerprint density at radius 3 is 2.44 bits per heavy atom. The van der Waals surface area contributed by atoms with Crippen LogP contribution in [0, 0.1) is 6.92 Å². The van der Waals surface area contributed by atoms with E-state index in [1.165, 1.54) is 0 Å². The molecule has 0 amide bonds. The van der Waals surface area contributed by atoms with Crippen molar-refractivity contribution in [2.75, 3.05) is 5.73 Å². The third-order valence-corrected chi connectivity index (χ3v) is 2.90. The summed E-state index contributed by atoms with van der Waals surface area (Å²) in [4.78, 5) is 9.08. The van der Waals surface area contributed by atoms with Crippen molar-refractivity contribution in [3.8, 4) is 11.4 Å². The van der Waals surface area contributed by atoms with Gasteiger partial charge in [0.15, 0.2) is 0 Å². The molecule has 0 spiro atoms. The molecule has 1 aromatic carbocycles. The molecule has 2 heterocycles. The summed E-state index contributed by atoms with van der Waals surface area (Å²) in [5.74, 6) is 0. The zero-order valence-electron chi connectivity index (χ0n) is 10.1. The molecule has 0 radical (unpaired) electrons. The molecule has 0 aliphatic heterocycles. The lowest BCUT2D eigenvalue weighted by Gasteiger charge is -2.05. The lowest BCUT2D eigenvalue weighted by atomic mass is 10.1. The summed E-state index contributed by atoms with van der Waals surface area (Å²) in [5, 5.41) is 1.05. The maximum absolute atomic E-state index is 5.95. The van der Waals surface area contributed by atoms with Crippen molar-refractivity contribution in [2.24, 2.45) is 0 Å². The van der Waals surface area contributed by atoms with Gasteiger partial charge in [0.05, 0.1) is 22.6 Å². The van der Waals surface area contributed by atoms with Crippen molar-refractivity contribution in [3.05, 3.63) is 54.2 Å². The first-order valence-electron chi connectivity index (χ1n) is 5.83. The van der Waals surface area contributed by atoms with Crippen molar-refractivity contribution in [3.63, 3.8) is 0 Å². The molecule has 3 aromatic rings. The molecule has 0 saturated heterocycles. The molecule has 0 saturated carbocycles. The SMILES string of the molecule is Cc1cccc(-c2ccc3cccc(N)c3n2)n1. The number of aryl methyl sites for hydroxylation is 1. The molecular weight excluding hydrogens is 222 g/mol. The second-order valence-corrected chi connectivity index (χ2v) is 4.28. The Morgan fingerprint density at radius 2 is 1.61 bits per heavy atom.